The highest BCUT2D eigenvalue weighted by Gasteiger charge is 2.28. The Morgan fingerprint density at radius 2 is 1.69 bits per heavy atom. The summed E-state index contributed by atoms with van der Waals surface area (Å²) in [5.74, 6) is -1.26. The van der Waals surface area contributed by atoms with Crippen LogP contribution < -0.4 is 10.1 Å². The minimum absolute atomic E-state index is 0.0235. The van der Waals surface area contributed by atoms with E-state index in [9.17, 15) is 24.5 Å². The van der Waals surface area contributed by atoms with Crippen molar-refractivity contribution in [3.05, 3.63) is 74.0 Å². The second-order valence-corrected chi connectivity index (χ2v) is 7.98. The summed E-state index contributed by atoms with van der Waals surface area (Å²) in [6, 6.07) is 8.49. The summed E-state index contributed by atoms with van der Waals surface area (Å²) in [7, 11) is 0. The Balaban J connectivity index is 1.73. The number of furan rings is 1. The molecule has 3 rings (SSSR count). The second kappa shape index (κ2) is 11.3. The zero-order chi connectivity index (χ0) is 25.5. The van der Waals surface area contributed by atoms with Crippen LogP contribution in [0.1, 0.15) is 55.8 Å². The number of nitrogens with zero attached hydrogens (tertiary/aromatic N) is 1. The highest BCUT2D eigenvalue weighted by Crippen LogP contribution is 2.34. The predicted octanol–water partition coefficient (Wildman–Crippen LogP) is 4.74. The molecular formula is C23H22N2O9S. The minimum Gasteiger partial charge on any atom is -0.486 e. The van der Waals surface area contributed by atoms with Gasteiger partial charge in [0.05, 0.1) is 23.7 Å². The van der Waals surface area contributed by atoms with Crippen LogP contribution >= 0.6 is 11.3 Å². The Labute approximate surface area is 203 Å². The van der Waals surface area contributed by atoms with Gasteiger partial charge in [-0.15, -0.1) is 11.3 Å². The molecule has 1 amide bonds. The van der Waals surface area contributed by atoms with Crippen LogP contribution in [0.3, 0.4) is 0 Å². The van der Waals surface area contributed by atoms with Gasteiger partial charge >= 0.3 is 11.9 Å². The molecule has 0 saturated carbocycles. The fourth-order valence-corrected chi connectivity index (χ4v) is 4.09. The Kier molecular flexibility index (Phi) is 8.21. The molecule has 35 heavy (non-hydrogen) atoms. The molecule has 3 aromatic rings. The number of rotatable bonds is 10. The maximum atomic E-state index is 12.8. The molecule has 184 valence electrons. The van der Waals surface area contributed by atoms with Crippen molar-refractivity contribution in [3.8, 4) is 5.75 Å². The molecule has 0 atom stereocenters. The van der Waals surface area contributed by atoms with Gasteiger partial charge in [-0.2, -0.15) is 0 Å². The molecule has 0 fully saturated rings. The predicted molar refractivity (Wildman–Crippen MR) is 125 cm³/mol. The zero-order valence-electron chi connectivity index (χ0n) is 19.1. The molecule has 1 N–H and O–H groups in total. The molecule has 0 unspecified atom stereocenters. The standard InChI is InChI=1S/C23H22N2O9S/c1-4-31-22(27)18-13(3)19(23(28)32-5-2)35-21(18)24-20(26)17-11-10-16(34-17)12-33-15-8-6-14(7-9-15)25(29)30/h6-11H,4-5,12H2,1-3H3,(H,24,26). The number of anilines is 1. The third-order valence-corrected chi connectivity index (χ3v) is 5.82. The molecule has 11 nitrogen and oxygen atoms in total. The summed E-state index contributed by atoms with van der Waals surface area (Å²) in [6.07, 6.45) is 0. The van der Waals surface area contributed by atoms with E-state index in [-0.39, 0.29) is 46.7 Å². The molecule has 0 radical (unpaired) electrons. The van der Waals surface area contributed by atoms with E-state index < -0.39 is 22.8 Å². The van der Waals surface area contributed by atoms with Gasteiger partial charge in [0.15, 0.2) is 5.76 Å². The van der Waals surface area contributed by atoms with E-state index in [0.717, 1.165) is 11.3 Å². The number of nitro benzene ring substituents is 1. The lowest BCUT2D eigenvalue weighted by Crippen LogP contribution is -2.14. The van der Waals surface area contributed by atoms with Crippen molar-refractivity contribution in [1.82, 2.24) is 0 Å². The van der Waals surface area contributed by atoms with Crippen LogP contribution in [0.4, 0.5) is 10.7 Å². The van der Waals surface area contributed by atoms with E-state index in [1.54, 1.807) is 20.8 Å². The topological polar surface area (TPSA) is 147 Å². The summed E-state index contributed by atoms with van der Waals surface area (Å²) in [4.78, 5) is 47.9. The van der Waals surface area contributed by atoms with E-state index in [1.807, 2.05) is 0 Å². The number of esters is 2. The quantitative estimate of drug-likeness (QED) is 0.236. The van der Waals surface area contributed by atoms with Crippen molar-refractivity contribution in [2.45, 2.75) is 27.4 Å². The number of carbonyl (C=O) groups excluding carboxylic acids is 3. The zero-order valence-corrected chi connectivity index (χ0v) is 19.9. The van der Waals surface area contributed by atoms with Crippen LogP contribution in [0.5, 0.6) is 5.75 Å². The normalized spacial score (nSPS) is 10.5. The molecule has 12 heteroatoms. The van der Waals surface area contributed by atoms with Crippen molar-refractivity contribution in [2.24, 2.45) is 0 Å². The molecule has 0 aliphatic carbocycles. The van der Waals surface area contributed by atoms with Gasteiger partial charge in [0.2, 0.25) is 0 Å². The second-order valence-electron chi connectivity index (χ2n) is 6.96. The van der Waals surface area contributed by atoms with Crippen molar-refractivity contribution < 1.29 is 37.9 Å². The first-order valence-electron chi connectivity index (χ1n) is 10.5. The van der Waals surface area contributed by atoms with Crippen molar-refractivity contribution in [1.29, 1.82) is 0 Å². The highest BCUT2D eigenvalue weighted by atomic mass is 32.1. The van der Waals surface area contributed by atoms with E-state index in [4.69, 9.17) is 18.6 Å². The molecule has 1 aromatic carbocycles. The first-order valence-corrected chi connectivity index (χ1v) is 11.3. The Morgan fingerprint density at radius 3 is 2.31 bits per heavy atom. The lowest BCUT2D eigenvalue weighted by atomic mass is 10.1. The lowest BCUT2D eigenvalue weighted by molar-refractivity contribution is -0.384. The summed E-state index contributed by atoms with van der Waals surface area (Å²) in [5, 5.41) is 13.5. The van der Waals surface area contributed by atoms with Gasteiger partial charge in [0.25, 0.3) is 11.6 Å². The molecule has 0 aliphatic heterocycles. The van der Waals surface area contributed by atoms with Gasteiger partial charge in [-0.25, -0.2) is 9.59 Å². The summed E-state index contributed by atoms with van der Waals surface area (Å²) in [5.41, 5.74) is 0.354. The van der Waals surface area contributed by atoms with Crippen LogP contribution in [0.15, 0.2) is 40.8 Å². The average Bonchev–Trinajstić information content (AvgIpc) is 3.43. The number of amides is 1. The maximum Gasteiger partial charge on any atom is 0.348 e. The number of non-ortho nitro benzene ring substituents is 1. The van der Waals surface area contributed by atoms with E-state index in [1.165, 1.54) is 36.4 Å². The van der Waals surface area contributed by atoms with Gasteiger partial charge in [-0.1, -0.05) is 0 Å². The number of hydrogen-bond donors (Lipinski definition) is 1. The molecule has 2 heterocycles. The number of thiophene rings is 1. The largest absolute Gasteiger partial charge is 0.486 e. The van der Waals surface area contributed by atoms with Gasteiger partial charge < -0.3 is 23.9 Å². The van der Waals surface area contributed by atoms with E-state index in [0.29, 0.717) is 17.1 Å². The van der Waals surface area contributed by atoms with Gasteiger partial charge in [0, 0.05) is 12.1 Å². The first-order chi connectivity index (χ1) is 16.7. The number of carbonyl (C=O) groups is 3. The van der Waals surface area contributed by atoms with Crippen LogP contribution in [-0.4, -0.2) is 36.0 Å². The number of hydrogen-bond acceptors (Lipinski definition) is 10. The van der Waals surface area contributed by atoms with Crippen LogP contribution in [0, 0.1) is 17.0 Å². The molecule has 2 aromatic heterocycles. The summed E-state index contributed by atoms with van der Waals surface area (Å²) in [6.45, 7) is 5.13. The van der Waals surface area contributed by atoms with Gasteiger partial charge in [-0.05, 0) is 50.6 Å². The summed E-state index contributed by atoms with van der Waals surface area (Å²) >= 11 is 0.907. The van der Waals surface area contributed by atoms with Crippen molar-refractivity contribution >= 4 is 39.9 Å². The monoisotopic (exact) mass is 502 g/mol. The van der Waals surface area contributed by atoms with Crippen molar-refractivity contribution in [2.75, 3.05) is 18.5 Å². The van der Waals surface area contributed by atoms with Gasteiger partial charge in [-0.3, -0.25) is 14.9 Å². The molecule has 0 aliphatic rings. The fourth-order valence-electron chi connectivity index (χ4n) is 3.00. The fraction of sp³-hybridized carbons (Fsp3) is 0.261. The molecule has 0 bridgehead atoms. The molecule has 0 saturated heterocycles. The van der Waals surface area contributed by atoms with Crippen LogP contribution in [0.2, 0.25) is 0 Å². The summed E-state index contributed by atoms with van der Waals surface area (Å²) < 4.78 is 21.2. The third kappa shape index (κ3) is 6.03. The number of nitrogens with one attached hydrogen (secondary N) is 1. The smallest absolute Gasteiger partial charge is 0.348 e. The molecule has 0 spiro atoms. The third-order valence-electron chi connectivity index (χ3n) is 4.63. The van der Waals surface area contributed by atoms with E-state index in [2.05, 4.69) is 5.32 Å². The number of ether oxygens (including phenoxy) is 3. The number of nitro groups is 1. The minimum atomic E-state index is -0.677. The van der Waals surface area contributed by atoms with Gasteiger partial charge in [0.1, 0.15) is 28.0 Å². The highest BCUT2D eigenvalue weighted by molar-refractivity contribution is 7.18. The Bertz CT molecular complexity index is 1240. The molecular weight excluding hydrogens is 480 g/mol. The maximum absolute atomic E-state index is 12.8. The Hall–Kier alpha value is -4.19. The van der Waals surface area contributed by atoms with Crippen LogP contribution in [-0.2, 0) is 16.1 Å². The Morgan fingerprint density at radius 1 is 1.03 bits per heavy atom. The lowest BCUT2D eigenvalue weighted by Gasteiger charge is -2.06. The number of benzene rings is 1. The average molecular weight is 503 g/mol. The van der Waals surface area contributed by atoms with Crippen molar-refractivity contribution in [3.63, 3.8) is 0 Å². The SMILES string of the molecule is CCOC(=O)c1sc(NC(=O)c2ccc(COc3ccc([N+](=O)[O-])cc3)o2)c(C(=O)OCC)c1C. The van der Waals surface area contributed by atoms with Crippen LogP contribution in [0.25, 0.3) is 0 Å². The van der Waals surface area contributed by atoms with E-state index >= 15 is 0 Å². The first kappa shape index (κ1) is 25.4.